The van der Waals surface area contributed by atoms with Crippen molar-refractivity contribution in [3.05, 3.63) is 30.1 Å². The van der Waals surface area contributed by atoms with Crippen LogP contribution < -0.4 is 0 Å². The first-order chi connectivity index (χ1) is 8.70. The first-order valence-electron chi connectivity index (χ1n) is 6.16. The summed E-state index contributed by atoms with van der Waals surface area (Å²) in [5, 5.41) is 9.30. The molecule has 1 aliphatic rings. The van der Waals surface area contributed by atoms with Crippen LogP contribution in [0.4, 0.5) is 0 Å². The highest BCUT2D eigenvalue weighted by Crippen LogP contribution is 2.29. The second kappa shape index (κ2) is 6.05. The molecule has 0 radical (unpaired) electrons. The molecule has 1 N–H and O–H groups in total. The summed E-state index contributed by atoms with van der Waals surface area (Å²) in [6, 6.07) is 3.71. The van der Waals surface area contributed by atoms with Crippen LogP contribution in [0.15, 0.2) is 29.3 Å². The molecule has 0 atom stereocenters. The molecule has 0 saturated heterocycles. The number of allylic oxidation sites excluding steroid dienone is 1. The van der Waals surface area contributed by atoms with Crippen molar-refractivity contribution in [3.8, 4) is 0 Å². The number of carboxylic acid groups (broad SMARTS) is 1. The van der Waals surface area contributed by atoms with Crippen LogP contribution in [0.25, 0.3) is 5.57 Å². The predicted molar refractivity (Wildman–Crippen MR) is 73.6 cm³/mol. The summed E-state index contributed by atoms with van der Waals surface area (Å²) in [7, 11) is 0. The molecular weight excluding hydrogens is 246 g/mol. The highest BCUT2D eigenvalue weighted by molar-refractivity contribution is 7.98. The van der Waals surface area contributed by atoms with Crippen LogP contribution in [0.2, 0.25) is 0 Å². The summed E-state index contributed by atoms with van der Waals surface area (Å²) in [4.78, 5) is 16.6. The number of aliphatic carboxylic acids is 1. The van der Waals surface area contributed by atoms with Crippen molar-refractivity contribution < 1.29 is 9.90 Å². The van der Waals surface area contributed by atoms with Gasteiger partial charge in [0, 0.05) is 11.1 Å². The van der Waals surface area contributed by atoms with Crippen molar-refractivity contribution in [2.24, 2.45) is 5.92 Å². The summed E-state index contributed by atoms with van der Waals surface area (Å²) in [6.45, 7) is 0. The van der Waals surface area contributed by atoms with Crippen molar-refractivity contribution in [2.45, 2.75) is 30.6 Å². The zero-order chi connectivity index (χ0) is 13.0. The van der Waals surface area contributed by atoms with Crippen molar-refractivity contribution in [3.63, 3.8) is 0 Å². The van der Waals surface area contributed by atoms with E-state index in [-0.39, 0.29) is 0 Å². The van der Waals surface area contributed by atoms with E-state index in [2.05, 4.69) is 4.98 Å². The van der Waals surface area contributed by atoms with E-state index >= 15 is 0 Å². The number of hydrogen-bond acceptors (Lipinski definition) is 3. The topological polar surface area (TPSA) is 50.2 Å². The van der Waals surface area contributed by atoms with E-state index in [0.717, 1.165) is 17.7 Å². The highest BCUT2D eigenvalue weighted by atomic mass is 32.2. The minimum Gasteiger partial charge on any atom is -0.478 e. The van der Waals surface area contributed by atoms with Gasteiger partial charge in [0.1, 0.15) is 0 Å². The van der Waals surface area contributed by atoms with Crippen LogP contribution in [-0.4, -0.2) is 22.3 Å². The fourth-order valence-electron chi connectivity index (χ4n) is 2.29. The summed E-state index contributed by atoms with van der Waals surface area (Å²) in [6.07, 6.45) is 10.2. The average molecular weight is 263 g/mol. The highest BCUT2D eigenvalue weighted by Gasteiger charge is 2.18. The van der Waals surface area contributed by atoms with E-state index in [0.29, 0.717) is 17.2 Å². The lowest BCUT2D eigenvalue weighted by Gasteiger charge is -2.07. The Morgan fingerprint density at radius 3 is 2.67 bits per heavy atom. The van der Waals surface area contributed by atoms with Gasteiger partial charge in [-0.15, -0.1) is 11.8 Å². The number of nitrogens with zero attached hydrogens (tertiary/aromatic N) is 1. The summed E-state index contributed by atoms with van der Waals surface area (Å²) in [5.41, 5.74) is 0.904. The quantitative estimate of drug-likeness (QED) is 0.667. The number of hydrogen-bond donors (Lipinski definition) is 1. The van der Waals surface area contributed by atoms with Gasteiger partial charge in [0.2, 0.25) is 0 Å². The van der Waals surface area contributed by atoms with Gasteiger partial charge in [0.15, 0.2) is 0 Å². The van der Waals surface area contributed by atoms with Crippen LogP contribution in [-0.2, 0) is 4.79 Å². The van der Waals surface area contributed by atoms with E-state index in [9.17, 15) is 9.90 Å². The molecular formula is C14H17NO2S. The van der Waals surface area contributed by atoms with Crippen molar-refractivity contribution in [1.29, 1.82) is 0 Å². The molecule has 1 heterocycles. The zero-order valence-electron chi connectivity index (χ0n) is 10.4. The molecule has 4 heteroatoms. The van der Waals surface area contributed by atoms with Gasteiger partial charge < -0.3 is 5.11 Å². The third-order valence-electron chi connectivity index (χ3n) is 3.28. The number of carbonyl (C=O) groups is 1. The van der Waals surface area contributed by atoms with Crippen LogP contribution in [0.3, 0.4) is 0 Å². The van der Waals surface area contributed by atoms with Crippen LogP contribution in [0.1, 0.15) is 31.4 Å². The second-order valence-corrected chi connectivity index (χ2v) is 5.39. The van der Waals surface area contributed by atoms with Crippen LogP contribution in [0.5, 0.6) is 0 Å². The standard InChI is InChI=1S/C14H17NO2S/c1-18-11-6-7-13(15-9-11)12(14(16)17)8-10-4-2-3-5-10/h6-10H,2-5H2,1H3,(H,16,17). The number of aromatic nitrogens is 1. The van der Waals surface area contributed by atoms with Gasteiger partial charge in [-0.05, 0) is 37.1 Å². The first-order valence-corrected chi connectivity index (χ1v) is 7.38. The molecule has 0 aliphatic heterocycles. The largest absolute Gasteiger partial charge is 0.478 e. The third kappa shape index (κ3) is 3.13. The summed E-state index contributed by atoms with van der Waals surface area (Å²) >= 11 is 1.60. The monoisotopic (exact) mass is 263 g/mol. The second-order valence-electron chi connectivity index (χ2n) is 4.51. The molecule has 1 aromatic rings. The fourth-order valence-corrected chi connectivity index (χ4v) is 2.65. The van der Waals surface area contributed by atoms with Gasteiger partial charge in [-0.25, -0.2) is 4.79 Å². The Hall–Kier alpha value is -1.29. The Morgan fingerprint density at radius 2 is 2.17 bits per heavy atom. The number of pyridine rings is 1. The zero-order valence-corrected chi connectivity index (χ0v) is 11.2. The predicted octanol–water partition coefficient (Wildman–Crippen LogP) is 3.46. The molecule has 0 aromatic carbocycles. The fraction of sp³-hybridized carbons (Fsp3) is 0.429. The van der Waals surface area contributed by atoms with Crippen LogP contribution >= 0.6 is 11.8 Å². The molecule has 0 unspecified atom stereocenters. The Balaban J connectivity index is 2.25. The lowest BCUT2D eigenvalue weighted by atomic mass is 10.0. The van der Waals surface area contributed by atoms with E-state index < -0.39 is 5.97 Å². The van der Waals surface area contributed by atoms with E-state index in [1.54, 1.807) is 24.0 Å². The third-order valence-corrected chi connectivity index (χ3v) is 3.99. The lowest BCUT2D eigenvalue weighted by Crippen LogP contribution is -2.04. The van der Waals surface area contributed by atoms with E-state index in [1.165, 1.54) is 12.8 Å². The maximum atomic E-state index is 11.3. The van der Waals surface area contributed by atoms with E-state index in [4.69, 9.17) is 0 Å². The van der Waals surface area contributed by atoms with Crippen LogP contribution in [0, 0.1) is 5.92 Å². The normalized spacial score (nSPS) is 17.1. The van der Waals surface area contributed by atoms with Gasteiger partial charge in [-0.3, -0.25) is 4.98 Å². The Morgan fingerprint density at radius 1 is 1.44 bits per heavy atom. The molecule has 3 nitrogen and oxygen atoms in total. The molecule has 96 valence electrons. The van der Waals surface area contributed by atoms with Crippen molar-refractivity contribution in [1.82, 2.24) is 4.98 Å². The molecule has 18 heavy (non-hydrogen) atoms. The minimum atomic E-state index is -0.883. The molecule has 0 spiro atoms. The van der Waals surface area contributed by atoms with Gasteiger partial charge >= 0.3 is 5.97 Å². The summed E-state index contributed by atoms with van der Waals surface area (Å²) in [5.74, 6) is -0.482. The van der Waals surface area contributed by atoms with Crippen molar-refractivity contribution >= 4 is 23.3 Å². The van der Waals surface area contributed by atoms with E-state index in [1.807, 2.05) is 18.4 Å². The molecule has 1 aliphatic carbocycles. The number of thioether (sulfide) groups is 1. The lowest BCUT2D eigenvalue weighted by molar-refractivity contribution is -0.130. The Kier molecular flexibility index (Phi) is 4.42. The van der Waals surface area contributed by atoms with Crippen molar-refractivity contribution in [2.75, 3.05) is 6.26 Å². The van der Waals surface area contributed by atoms with Gasteiger partial charge in [-0.2, -0.15) is 0 Å². The maximum absolute atomic E-state index is 11.3. The molecule has 1 fully saturated rings. The minimum absolute atomic E-state index is 0.342. The summed E-state index contributed by atoms with van der Waals surface area (Å²) < 4.78 is 0. The molecule has 0 bridgehead atoms. The van der Waals surface area contributed by atoms with Gasteiger partial charge in [0.25, 0.3) is 0 Å². The molecule has 2 rings (SSSR count). The Labute approximate surface area is 111 Å². The Bertz CT molecular complexity index is 447. The molecule has 0 amide bonds. The smallest absolute Gasteiger partial charge is 0.337 e. The average Bonchev–Trinajstić information content (AvgIpc) is 2.89. The van der Waals surface area contributed by atoms with Gasteiger partial charge in [0.05, 0.1) is 11.3 Å². The SMILES string of the molecule is CSc1ccc(C(=CC2CCCC2)C(=O)O)nc1. The first kappa shape index (κ1) is 13.1. The number of carboxylic acids is 1. The number of rotatable bonds is 4. The molecule has 1 saturated carbocycles. The maximum Gasteiger partial charge on any atom is 0.337 e. The van der Waals surface area contributed by atoms with Gasteiger partial charge in [-0.1, -0.05) is 18.9 Å². The molecule has 1 aromatic heterocycles.